The van der Waals surface area contributed by atoms with E-state index in [9.17, 15) is 4.79 Å². The van der Waals surface area contributed by atoms with Gasteiger partial charge in [-0.1, -0.05) is 22.6 Å². The largest absolute Gasteiger partial charge is 0.495 e. The maximum absolute atomic E-state index is 11.4. The maximum atomic E-state index is 11.4. The molecule has 0 amide bonds. The van der Waals surface area contributed by atoms with Crippen LogP contribution in [-0.4, -0.2) is 24.2 Å². The fourth-order valence-electron chi connectivity index (χ4n) is 1.28. The van der Waals surface area contributed by atoms with E-state index in [1.54, 1.807) is 25.3 Å². The topological polar surface area (TPSA) is 47.6 Å². The van der Waals surface area contributed by atoms with Crippen LogP contribution in [-0.2, 0) is 4.74 Å². The maximum Gasteiger partial charge on any atom is 0.337 e. The van der Waals surface area contributed by atoms with Crippen molar-refractivity contribution in [3.8, 4) is 5.75 Å². The van der Waals surface area contributed by atoms with Crippen molar-refractivity contribution in [2.24, 2.45) is 0 Å². The monoisotopic (exact) mass is 335 g/mol. The first-order chi connectivity index (χ1) is 7.58. The zero-order valence-electron chi connectivity index (χ0n) is 9.41. The molecule has 0 aliphatic carbocycles. The van der Waals surface area contributed by atoms with Gasteiger partial charge >= 0.3 is 5.97 Å². The van der Waals surface area contributed by atoms with Gasteiger partial charge in [-0.25, -0.2) is 4.79 Å². The van der Waals surface area contributed by atoms with Crippen molar-refractivity contribution in [1.82, 2.24) is 0 Å². The molecule has 88 valence electrons. The average molecular weight is 335 g/mol. The molecule has 0 saturated heterocycles. The molecule has 1 aromatic carbocycles. The summed E-state index contributed by atoms with van der Waals surface area (Å²) >= 11 is 2.23. The summed E-state index contributed by atoms with van der Waals surface area (Å²) in [6.45, 7) is 2.00. The standard InChI is InChI=1S/C11H14INO3/c1-7(12)13-9-6-8(11(14)16-3)4-5-10(9)15-2/h4-7,13H,1-3H3/t7-/m0/s1. The van der Waals surface area contributed by atoms with Crippen LogP contribution in [0.2, 0.25) is 0 Å². The van der Waals surface area contributed by atoms with Gasteiger partial charge in [0.15, 0.2) is 0 Å². The Hall–Kier alpha value is -0.980. The molecule has 0 aliphatic rings. The third-order valence-electron chi connectivity index (χ3n) is 1.97. The van der Waals surface area contributed by atoms with Gasteiger partial charge in [0.2, 0.25) is 0 Å². The number of anilines is 1. The second-order valence-electron chi connectivity index (χ2n) is 3.17. The number of carbonyl (C=O) groups excluding carboxylic acids is 1. The minimum absolute atomic E-state index is 0.236. The number of carbonyl (C=O) groups is 1. The summed E-state index contributed by atoms with van der Waals surface area (Å²) in [5.74, 6) is 0.350. The SMILES string of the molecule is COC(=O)c1ccc(OC)c(N[C@@H](C)I)c1. The lowest BCUT2D eigenvalue weighted by Crippen LogP contribution is -2.09. The smallest absolute Gasteiger partial charge is 0.337 e. The van der Waals surface area contributed by atoms with E-state index in [0.29, 0.717) is 11.3 Å². The molecule has 0 unspecified atom stereocenters. The van der Waals surface area contributed by atoms with Crippen molar-refractivity contribution in [2.75, 3.05) is 19.5 Å². The van der Waals surface area contributed by atoms with Crippen LogP contribution in [0.4, 0.5) is 5.69 Å². The fourth-order valence-corrected chi connectivity index (χ4v) is 1.62. The Balaban J connectivity index is 3.05. The minimum Gasteiger partial charge on any atom is -0.495 e. The van der Waals surface area contributed by atoms with Crippen molar-refractivity contribution in [2.45, 2.75) is 11.0 Å². The van der Waals surface area contributed by atoms with Gasteiger partial charge in [0.25, 0.3) is 0 Å². The molecule has 1 rings (SSSR count). The van der Waals surface area contributed by atoms with Crippen molar-refractivity contribution in [1.29, 1.82) is 0 Å². The predicted molar refractivity (Wildman–Crippen MR) is 71.4 cm³/mol. The fraction of sp³-hybridized carbons (Fsp3) is 0.364. The summed E-state index contributed by atoms with van der Waals surface area (Å²) in [4.78, 5) is 11.4. The van der Waals surface area contributed by atoms with E-state index in [1.807, 2.05) is 6.92 Å². The van der Waals surface area contributed by atoms with Gasteiger partial charge in [0.05, 0.1) is 29.5 Å². The molecule has 0 spiro atoms. The summed E-state index contributed by atoms with van der Waals surface area (Å²) in [6, 6.07) is 5.14. The van der Waals surface area contributed by atoms with Crippen LogP contribution >= 0.6 is 22.6 Å². The predicted octanol–water partition coefficient (Wildman–Crippen LogP) is 2.67. The number of halogens is 1. The highest BCUT2D eigenvalue weighted by molar-refractivity contribution is 14.1. The number of hydrogen-bond donors (Lipinski definition) is 1. The van der Waals surface area contributed by atoms with E-state index in [-0.39, 0.29) is 10.0 Å². The number of alkyl halides is 1. The molecule has 0 saturated carbocycles. The van der Waals surface area contributed by atoms with Crippen LogP contribution < -0.4 is 10.1 Å². The molecule has 1 N–H and O–H groups in total. The lowest BCUT2D eigenvalue weighted by molar-refractivity contribution is 0.0601. The average Bonchev–Trinajstić information content (AvgIpc) is 2.27. The Labute approximate surface area is 108 Å². The first kappa shape index (κ1) is 13.1. The van der Waals surface area contributed by atoms with Gasteiger partial charge in [0.1, 0.15) is 5.75 Å². The molecule has 0 heterocycles. The van der Waals surface area contributed by atoms with Crippen LogP contribution in [0.3, 0.4) is 0 Å². The van der Waals surface area contributed by atoms with Gasteiger partial charge < -0.3 is 14.8 Å². The Morgan fingerprint density at radius 3 is 2.62 bits per heavy atom. The van der Waals surface area contributed by atoms with Crippen LogP contribution in [0.25, 0.3) is 0 Å². The first-order valence-electron chi connectivity index (χ1n) is 4.75. The molecule has 4 nitrogen and oxygen atoms in total. The zero-order valence-corrected chi connectivity index (χ0v) is 11.6. The normalized spacial score (nSPS) is 11.8. The van der Waals surface area contributed by atoms with E-state index in [4.69, 9.17) is 4.74 Å². The lowest BCUT2D eigenvalue weighted by Gasteiger charge is -2.13. The molecule has 0 radical (unpaired) electrons. The highest BCUT2D eigenvalue weighted by Crippen LogP contribution is 2.27. The quantitative estimate of drug-likeness (QED) is 0.398. The second-order valence-corrected chi connectivity index (χ2v) is 5.04. The van der Waals surface area contributed by atoms with E-state index in [1.165, 1.54) is 7.11 Å². The summed E-state index contributed by atoms with van der Waals surface area (Å²) in [5.41, 5.74) is 1.29. The van der Waals surface area contributed by atoms with E-state index in [0.717, 1.165) is 5.69 Å². The Morgan fingerprint density at radius 2 is 2.12 bits per heavy atom. The first-order valence-corrected chi connectivity index (χ1v) is 6.00. The zero-order chi connectivity index (χ0) is 12.1. The third-order valence-corrected chi connectivity index (χ3v) is 2.29. The summed E-state index contributed by atoms with van der Waals surface area (Å²) in [5, 5.41) is 3.20. The number of methoxy groups -OCH3 is 2. The molecular weight excluding hydrogens is 321 g/mol. The molecule has 5 heteroatoms. The Bertz CT molecular complexity index is 379. The summed E-state index contributed by atoms with van der Waals surface area (Å²) in [6.07, 6.45) is 0. The van der Waals surface area contributed by atoms with Crippen molar-refractivity contribution in [3.63, 3.8) is 0 Å². The molecule has 1 aromatic rings. The molecule has 0 aliphatic heterocycles. The van der Waals surface area contributed by atoms with Crippen LogP contribution in [0, 0.1) is 0 Å². The highest BCUT2D eigenvalue weighted by Gasteiger charge is 2.10. The molecule has 1 atom stereocenters. The summed E-state index contributed by atoms with van der Waals surface area (Å²) < 4.78 is 10.1. The van der Waals surface area contributed by atoms with Crippen molar-refractivity contribution in [3.05, 3.63) is 23.8 Å². The van der Waals surface area contributed by atoms with Gasteiger partial charge in [-0.3, -0.25) is 0 Å². The highest BCUT2D eigenvalue weighted by atomic mass is 127. The van der Waals surface area contributed by atoms with Crippen molar-refractivity contribution >= 4 is 34.2 Å². The van der Waals surface area contributed by atoms with Crippen molar-refractivity contribution < 1.29 is 14.3 Å². The van der Waals surface area contributed by atoms with Crippen LogP contribution in [0.1, 0.15) is 17.3 Å². The van der Waals surface area contributed by atoms with Crippen LogP contribution in [0.5, 0.6) is 5.75 Å². The molecule has 0 aromatic heterocycles. The molecular formula is C11H14INO3. The number of ether oxygens (including phenoxy) is 2. The Morgan fingerprint density at radius 1 is 1.44 bits per heavy atom. The number of hydrogen-bond acceptors (Lipinski definition) is 4. The van der Waals surface area contributed by atoms with E-state index < -0.39 is 0 Å². The molecule has 16 heavy (non-hydrogen) atoms. The third kappa shape index (κ3) is 3.26. The second kappa shape index (κ2) is 5.93. The molecule has 0 fully saturated rings. The van der Waals surface area contributed by atoms with Gasteiger partial charge in [0, 0.05) is 0 Å². The van der Waals surface area contributed by atoms with Gasteiger partial charge in [-0.2, -0.15) is 0 Å². The number of esters is 1. The number of rotatable bonds is 4. The lowest BCUT2D eigenvalue weighted by atomic mass is 10.2. The van der Waals surface area contributed by atoms with Crippen LogP contribution in [0.15, 0.2) is 18.2 Å². The minimum atomic E-state index is -0.355. The van der Waals surface area contributed by atoms with Gasteiger partial charge in [-0.15, -0.1) is 0 Å². The van der Waals surface area contributed by atoms with E-state index >= 15 is 0 Å². The number of nitrogens with one attached hydrogen (secondary N) is 1. The van der Waals surface area contributed by atoms with E-state index in [2.05, 4.69) is 32.6 Å². The Kier molecular flexibility index (Phi) is 4.85. The summed E-state index contributed by atoms with van der Waals surface area (Å²) in [7, 11) is 2.96. The van der Waals surface area contributed by atoms with Gasteiger partial charge in [-0.05, 0) is 25.1 Å². The number of benzene rings is 1. The molecule has 0 bridgehead atoms.